The van der Waals surface area contributed by atoms with E-state index in [0.29, 0.717) is 22.3 Å². The molecule has 1 amide bonds. The van der Waals surface area contributed by atoms with Crippen molar-refractivity contribution < 1.29 is 27.8 Å². The molecule has 0 spiro atoms. The fraction of sp³-hybridized carbons (Fsp3) is 0.556. The number of hydrogen-bond donors (Lipinski definition) is 4. The molecule has 0 aromatic heterocycles. The highest BCUT2D eigenvalue weighted by molar-refractivity contribution is 8.06. The van der Waals surface area contributed by atoms with Gasteiger partial charge in [-0.2, -0.15) is 5.01 Å². The van der Waals surface area contributed by atoms with Crippen LogP contribution < -0.4 is 27.3 Å². The molecule has 2 heterocycles. The first kappa shape index (κ1) is 23.5. The van der Waals surface area contributed by atoms with E-state index in [4.69, 9.17) is 21.2 Å². The average molecular weight is 457 g/mol. The van der Waals surface area contributed by atoms with E-state index >= 15 is 0 Å². The van der Waals surface area contributed by atoms with Crippen LogP contribution in [0.4, 0.5) is 5.69 Å². The van der Waals surface area contributed by atoms with Crippen molar-refractivity contribution >= 4 is 26.6 Å². The quantitative estimate of drug-likeness (QED) is 0.225. The van der Waals surface area contributed by atoms with Crippen molar-refractivity contribution in [1.29, 1.82) is 0 Å². The van der Waals surface area contributed by atoms with Crippen LogP contribution in [0.2, 0.25) is 0 Å². The summed E-state index contributed by atoms with van der Waals surface area (Å²) < 4.78 is 38.5. The van der Waals surface area contributed by atoms with Gasteiger partial charge in [0.1, 0.15) is 7.05 Å². The molecule has 1 aromatic carbocycles. The summed E-state index contributed by atoms with van der Waals surface area (Å²) in [7, 11) is -2.16. The Labute approximate surface area is 181 Å². The second kappa shape index (κ2) is 9.16. The van der Waals surface area contributed by atoms with Crippen molar-refractivity contribution in [3.05, 3.63) is 30.3 Å². The van der Waals surface area contributed by atoms with Crippen molar-refractivity contribution in [2.24, 2.45) is 16.8 Å². The van der Waals surface area contributed by atoms with Gasteiger partial charge in [-0.15, -0.1) is 5.12 Å². The van der Waals surface area contributed by atoms with Crippen LogP contribution in [0.3, 0.4) is 0 Å². The number of hydrogen-bond acceptors (Lipinski definition) is 10. The molecule has 0 saturated carbocycles. The predicted octanol–water partition coefficient (Wildman–Crippen LogP) is -1.61. The summed E-state index contributed by atoms with van der Waals surface area (Å²) in [5, 5.41) is 6.51. The first-order valence-corrected chi connectivity index (χ1v) is 11.6. The van der Waals surface area contributed by atoms with Crippen LogP contribution in [0, 0.1) is 0 Å². The molecule has 2 unspecified atom stereocenters. The van der Waals surface area contributed by atoms with E-state index in [1.807, 2.05) is 25.1 Å². The summed E-state index contributed by atoms with van der Waals surface area (Å²) in [5.74, 6) is 8.74. The number of carbonyl (C=O) groups is 1. The van der Waals surface area contributed by atoms with E-state index in [1.54, 1.807) is 26.1 Å². The lowest BCUT2D eigenvalue weighted by molar-refractivity contribution is -0.927. The number of sulfone groups is 1. The molecule has 13 heteroatoms. The number of nitrogens with zero attached hydrogens (tertiary/aromatic N) is 3. The lowest BCUT2D eigenvalue weighted by Gasteiger charge is -2.42. The van der Waals surface area contributed by atoms with Gasteiger partial charge >= 0.3 is 5.17 Å². The Hall–Kier alpha value is -2.13. The minimum atomic E-state index is -3.85. The predicted molar refractivity (Wildman–Crippen MR) is 113 cm³/mol. The summed E-state index contributed by atoms with van der Waals surface area (Å²) in [6.45, 7) is 3.57. The van der Waals surface area contributed by atoms with Crippen LogP contribution in [0.15, 0.2) is 35.4 Å². The second-order valence-corrected chi connectivity index (χ2v) is 9.68. The van der Waals surface area contributed by atoms with Gasteiger partial charge in [-0.3, -0.25) is 4.79 Å². The maximum absolute atomic E-state index is 13.3. The van der Waals surface area contributed by atoms with Crippen molar-refractivity contribution in [3.63, 3.8) is 0 Å². The van der Waals surface area contributed by atoms with Crippen LogP contribution in [-0.2, 0) is 24.1 Å². The van der Waals surface area contributed by atoms with Crippen molar-refractivity contribution in [1.82, 2.24) is 10.7 Å². The number of amidine groups is 1. The number of amides is 1. The van der Waals surface area contributed by atoms with E-state index < -0.39 is 33.7 Å². The van der Waals surface area contributed by atoms with Gasteiger partial charge in [-0.1, -0.05) is 25.1 Å². The molecule has 12 nitrogen and oxygen atoms in total. The number of rotatable bonds is 6. The van der Waals surface area contributed by atoms with Crippen LogP contribution in [0.25, 0.3) is 0 Å². The zero-order chi connectivity index (χ0) is 22.8. The van der Waals surface area contributed by atoms with Gasteiger partial charge in [0.05, 0.1) is 30.1 Å². The number of hydrazine groups is 3. The Kier molecular flexibility index (Phi) is 6.95. The smallest absolute Gasteiger partial charge is 0.302 e. The van der Waals surface area contributed by atoms with Gasteiger partial charge < -0.3 is 9.47 Å². The number of ether oxygens (including phenoxy) is 2. The zero-order valence-corrected chi connectivity index (χ0v) is 18.6. The van der Waals surface area contributed by atoms with Crippen molar-refractivity contribution in [2.45, 2.75) is 51.1 Å². The number of anilines is 1. The van der Waals surface area contributed by atoms with Crippen LogP contribution in [0.5, 0.6) is 0 Å². The Morgan fingerprint density at radius 1 is 1.32 bits per heavy atom. The molecule has 1 fully saturated rings. The third kappa shape index (κ3) is 5.57. The number of nitrogens with two attached hydrogens (primary N) is 2. The molecule has 1 aromatic rings. The number of quaternary nitrogens is 1. The monoisotopic (exact) mass is 456 g/mol. The standard InChI is InChI=1S/C18H29N7O5S/c1-4-18(2)29-14(11-16(26)25(19)20)10-15(30-18)12-31(27,28)17-21-23(3)22-24(17)13-8-6-5-7-9-13/h5-9,14-15,22H,4,10-12,19-20H2,1-3H3/p+1/t14-,15+,18?/m1/s1. The Balaban J connectivity index is 1.80. The molecule has 31 heavy (non-hydrogen) atoms. The molecule has 172 valence electrons. The van der Waals surface area contributed by atoms with E-state index in [9.17, 15) is 13.2 Å². The third-order valence-electron chi connectivity index (χ3n) is 5.12. The van der Waals surface area contributed by atoms with Gasteiger partial charge in [0.2, 0.25) is 9.84 Å². The maximum atomic E-state index is 13.3. The molecule has 2 aliphatic rings. The fourth-order valence-corrected chi connectivity index (χ4v) is 5.07. The normalized spacial score (nSPS) is 29.0. The molecular weight excluding hydrogens is 426 g/mol. The Morgan fingerprint density at radius 2 is 1.97 bits per heavy atom. The van der Waals surface area contributed by atoms with E-state index in [1.165, 1.54) is 5.01 Å². The maximum Gasteiger partial charge on any atom is 0.302 e. The lowest BCUT2D eigenvalue weighted by Crippen LogP contribution is -3.11. The summed E-state index contributed by atoms with van der Waals surface area (Å²) in [6, 6.07) is 9.02. The van der Waals surface area contributed by atoms with E-state index in [-0.39, 0.29) is 23.8 Å². The Morgan fingerprint density at radius 3 is 2.58 bits per heavy atom. The minimum Gasteiger partial charge on any atom is -0.346 e. The van der Waals surface area contributed by atoms with E-state index in [2.05, 4.69) is 10.6 Å². The molecule has 1 saturated heterocycles. The third-order valence-corrected chi connectivity index (χ3v) is 6.76. The Bertz CT molecular complexity index is 926. The largest absolute Gasteiger partial charge is 0.346 e. The summed E-state index contributed by atoms with van der Waals surface area (Å²) in [4.78, 5) is 11.9. The fourth-order valence-electron chi connectivity index (χ4n) is 3.52. The average Bonchev–Trinajstić information content (AvgIpc) is 3.10. The highest BCUT2D eigenvalue weighted by Crippen LogP contribution is 2.32. The van der Waals surface area contributed by atoms with Crippen molar-refractivity contribution in [2.75, 3.05) is 17.8 Å². The molecular formula is C18H30N7O5S+. The number of para-hydroxylation sites is 1. The van der Waals surface area contributed by atoms with Gasteiger partial charge in [-0.25, -0.2) is 25.2 Å². The van der Waals surface area contributed by atoms with Gasteiger partial charge in [0.25, 0.3) is 5.91 Å². The van der Waals surface area contributed by atoms with Gasteiger partial charge in [-0.05, 0) is 36.1 Å². The highest BCUT2D eigenvalue weighted by Gasteiger charge is 2.44. The first-order chi connectivity index (χ1) is 14.5. The molecule has 0 aliphatic carbocycles. The summed E-state index contributed by atoms with van der Waals surface area (Å²) in [5.41, 5.74) is 3.60. The second-order valence-electron chi connectivity index (χ2n) is 7.75. The molecule has 0 bridgehead atoms. The van der Waals surface area contributed by atoms with Crippen molar-refractivity contribution in [3.8, 4) is 0 Å². The number of carbonyl (C=O) groups excluding carboxylic acids is 1. The van der Waals surface area contributed by atoms with Gasteiger partial charge in [0, 0.05) is 6.42 Å². The summed E-state index contributed by atoms with van der Waals surface area (Å²) in [6.07, 6.45) is -0.693. The molecule has 0 radical (unpaired) electrons. The molecule has 4 atom stereocenters. The van der Waals surface area contributed by atoms with Crippen LogP contribution in [0.1, 0.15) is 33.1 Å². The lowest BCUT2D eigenvalue weighted by atomic mass is 10.0. The highest BCUT2D eigenvalue weighted by atomic mass is 32.2. The van der Waals surface area contributed by atoms with Crippen LogP contribution >= 0.6 is 0 Å². The first-order valence-electron chi connectivity index (χ1n) is 9.98. The molecule has 2 aliphatic heterocycles. The number of benzene rings is 1. The SMILES string of the molecule is CCC1(C)O[C@@H](CC(=O)N(N)N)C[C@@H](CS(=O)(=O)C2=N[NH+](C)NN2c2ccccc2)O1. The summed E-state index contributed by atoms with van der Waals surface area (Å²) >= 11 is 0. The number of nitrogens with one attached hydrogen (secondary N) is 2. The zero-order valence-electron chi connectivity index (χ0n) is 17.8. The van der Waals surface area contributed by atoms with E-state index in [0.717, 1.165) is 0 Å². The molecule has 3 rings (SSSR count). The minimum absolute atomic E-state index is 0.0754. The topological polar surface area (TPSA) is 157 Å². The van der Waals surface area contributed by atoms with Crippen LogP contribution in [-0.4, -0.2) is 55.4 Å². The molecule has 6 N–H and O–H groups in total. The van der Waals surface area contributed by atoms with Gasteiger partial charge in [0.15, 0.2) is 5.79 Å².